The van der Waals surface area contributed by atoms with Gasteiger partial charge in [-0.1, -0.05) is 6.07 Å². The van der Waals surface area contributed by atoms with Crippen LogP contribution in [0.1, 0.15) is 24.5 Å². The second-order valence-corrected chi connectivity index (χ2v) is 4.50. The zero-order chi connectivity index (χ0) is 13.7. The van der Waals surface area contributed by atoms with E-state index in [0.717, 1.165) is 19.4 Å². The summed E-state index contributed by atoms with van der Waals surface area (Å²) in [4.78, 5) is 0. The number of rotatable bonds is 5. The molecule has 1 aliphatic heterocycles. The average molecular weight is 270 g/mol. The Labute approximate surface area is 112 Å². The van der Waals surface area contributed by atoms with Crippen LogP contribution in [0.3, 0.4) is 0 Å². The smallest absolute Gasteiger partial charge is 0.132 e. The van der Waals surface area contributed by atoms with Crippen molar-refractivity contribution in [1.82, 2.24) is 0 Å². The molecule has 0 aromatic heterocycles. The molecule has 1 fully saturated rings. The molecule has 1 saturated heterocycles. The van der Waals surface area contributed by atoms with Gasteiger partial charge in [0.2, 0.25) is 0 Å². The Balaban J connectivity index is 2.16. The normalized spacial score (nSPS) is 21.1. The first-order valence-electron chi connectivity index (χ1n) is 6.42. The van der Waals surface area contributed by atoms with Crippen molar-refractivity contribution in [2.45, 2.75) is 25.0 Å². The molecule has 0 radical (unpaired) electrons. The first-order chi connectivity index (χ1) is 9.26. The molecule has 0 bridgehead atoms. The van der Waals surface area contributed by atoms with Gasteiger partial charge in [0.25, 0.3) is 0 Å². The SMILES string of the molecule is COc1cccc(F)c1C(CO)OC1CCCOC1. The average Bonchev–Trinajstić information content (AvgIpc) is 2.46. The first-order valence-corrected chi connectivity index (χ1v) is 6.42. The number of aliphatic hydroxyl groups excluding tert-OH is 1. The molecule has 0 saturated carbocycles. The van der Waals surface area contributed by atoms with Gasteiger partial charge in [0.15, 0.2) is 0 Å². The van der Waals surface area contributed by atoms with Crippen molar-refractivity contribution in [1.29, 1.82) is 0 Å². The maximum absolute atomic E-state index is 13.9. The third kappa shape index (κ3) is 3.43. The van der Waals surface area contributed by atoms with Crippen LogP contribution in [0.5, 0.6) is 5.75 Å². The summed E-state index contributed by atoms with van der Waals surface area (Å²) in [6.07, 6.45) is 0.919. The minimum Gasteiger partial charge on any atom is -0.496 e. The molecule has 1 aromatic rings. The molecular weight excluding hydrogens is 251 g/mol. The van der Waals surface area contributed by atoms with E-state index in [-0.39, 0.29) is 18.3 Å². The van der Waals surface area contributed by atoms with E-state index < -0.39 is 11.9 Å². The fourth-order valence-corrected chi connectivity index (χ4v) is 2.26. The van der Waals surface area contributed by atoms with E-state index in [2.05, 4.69) is 0 Å². The fourth-order valence-electron chi connectivity index (χ4n) is 2.26. The number of hydrogen-bond donors (Lipinski definition) is 1. The lowest BCUT2D eigenvalue weighted by molar-refractivity contribution is -0.0998. The summed E-state index contributed by atoms with van der Waals surface area (Å²) >= 11 is 0. The van der Waals surface area contributed by atoms with Gasteiger partial charge in [0.05, 0.1) is 32.0 Å². The number of hydrogen-bond acceptors (Lipinski definition) is 4. The Bertz CT molecular complexity index is 404. The lowest BCUT2D eigenvalue weighted by Crippen LogP contribution is -2.28. The predicted octanol–water partition coefficient (Wildman–Crippen LogP) is 2.06. The molecule has 5 heteroatoms. The summed E-state index contributed by atoms with van der Waals surface area (Å²) in [7, 11) is 1.47. The largest absolute Gasteiger partial charge is 0.496 e. The maximum atomic E-state index is 13.9. The Kier molecular flexibility index (Phi) is 5.13. The molecule has 2 atom stereocenters. The van der Waals surface area contributed by atoms with Crippen LogP contribution in [0.4, 0.5) is 4.39 Å². The van der Waals surface area contributed by atoms with Crippen molar-refractivity contribution in [3.05, 3.63) is 29.6 Å². The number of ether oxygens (including phenoxy) is 3. The van der Waals surface area contributed by atoms with E-state index in [0.29, 0.717) is 12.4 Å². The quantitative estimate of drug-likeness (QED) is 0.889. The van der Waals surface area contributed by atoms with E-state index in [9.17, 15) is 9.50 Å². The van der Waals surface area contributed by atoms with E-state index in [1.165, 1.54) is 13.2 Å². The highest BCUT2D eigenvalue weighted by molar-refractivity contribution is 5.36. The standard InChI is InChI=1S/C14H19FO4/c1-17-12-6-2-5-11(15)14(12)13(8-16)19-10-4-3-7-18-9-10/h2,5-6,10,13,16H,3-4,7-9H2,1H3. The van der Waals surface area contributed by atoms with Gasteiger partial charge >= 0.3 is 0 Å². The van der Waals surface area contributed by atoms with Crippen LogP contribution in [-0.4, -0.2) is 38.1 Å². The number of halogens is 1. The molecule has 0 aliphatic carbocycles. The van der Waals surface area contributed by atoms with Gasteiger partial charge in [0.1, 0.15) is 17.7 Å². The second-order valence-electron chi connectivity index (χ2n) is 4.50. The molecule has 2 rings (SSSR count). The highest BCUT2D eigenvalue weighted by Gasteiger charge is 2.25. The van der Waals surface area contributed by atoms with E-state index in [4.69, 9.17) is 14.2 Å². The zero-order valence-electron chi connectivity index (χ0n) is 11.0. The van der Waals surface area contributed by atoms with Crippen LogP contribution in [0.2, 0.25) is 0 Å². The Hall–Kier alpha value is -1.17. The number of aliphatic hydroxyl groups is 1. The van der Waals surface area contributed by atoms with Gasteiger partial charge in [0, 0.05) is 6.61 Å². The van der Waals surface area contributed by atoms with E-state index in [1.807, 2.05) is 0 Å². The van der Waals surface area contributed by atoms with Gasteiger partial charge in [-0.15, -0.1) is 0 Å². The third-order valence-corrected chi connectivity index (χ3v) is 3.20. The van der Waals surface area contributed by atoms with Crippen molar-refractivity contribution in [2.75, 3.05) is 26.9 Å². The molecule has 1 heterocycles. The molecule has 0 amide bonds. The van der Waals surface area contributed by atoms with E-state index >= 15 is 0 Å². The monoisotopic (exact) mass is 270 g/mol. The van der Waals surface area contributed by atoms with Gasteiger partial charge in [-0.3, -0.25) is 0 Å². The predicted molar refractivity (Wildman–Crippen MR) is 67.7 cm³/mol. The number of methoxy groups -OCH3 is 1. The lowest BCUT2D eigenvalue weighted by atomic mass is 10.1. The highest BCUT2D eigenvalue weighted by atomic mass is 19.1. The van der Waals surface area contributed by atoms with Crippen molar-refractivity contribution in [3.8, 4) is 5.75 Å². The molecule has 1 aliphatic rings. The van der Waals surface area contributed by atoms with Crippen molar-refractivity contribution < 1.29 is 23.7 Å². The van der Waals surface area contributed by atoms with E-state index in [1.54, 1.807) is 12.1 Å². The molecule has 2 unspecified atom stereocenters. The van der Waals surface area contributed by atoms with Crippen LogP contribution in [-0.2, 0) is 9.47 Å². The Morgan fingerprint density at radius 3 is 3.00 bits per heavy atom. The maximum Gasteiger partial charge on any atom is 0.132 e. The van der Waals surface area contributed by atoms with Crippen molar-refractivity contribution in [3.63, 3.8) is 0 Å². The molecular formula is C14H19FO4. The summed E-state index contributed by atoms with van der Waals surface area (Å²) in [5.41, 5.74) is 0.262. The number of benzene rings is 1. The third-order valence-electron chi connectivity index (χ3n) is 3.20. The minimum absolute atomic E-state index is 0.116. The van der Waals surface area contributed by atoms with Gasteiger partial charge < -0.3 is 19.3 Å². The summed E-state index contributed by atoms with van der Waals surface area (Å²) in [5, 5.41) is 9.47. The van der Waals surface area contributed by atoms with Crippen molar-refractivity contribution in [2.24, 2.45) is 0 Å². The summed E-state index contributed by atoms with van der Waals surface area (Å²) in [6, 6.07) is 4.55. The second kappa shape index (κ2) is 6.84. The minimum atomic E-state index is -0.733. The van der Waals surface area contributed by atoms with Gasteiger partial charge in [-0.05, 0) is 25.0 Å². The van der Waals surface area contributed by atoms with Crippen LogP contribution < -0.4 is 4.74 Å². The van der Waals surface area contributed by atoms with Crippen LogP contribution in [0, 0.1) is 5.82 Å². The lowest BCUT2D eigenvalue weighted by Gasteiger charge is -2.27. The molecule has 4 nitrogen and oxygen atoms in total. The molecule has 106 valence electrons. The summed E-state index contributed by atoms with van der Waals surface area (Å²) in [5.74, 6) is -0.0501. The molecule has 1 N–H and O–H groups in total. The van der Waals surface area contributed by atoms with Crippen molar-refractivity contribution >= 4 is 0 Å². The van der Waals surface area contributed by atoms with Gasteiger partial charge in [-0.2, -0.15) is 0 Å². The molecule has 0 spiro atoms. The van der Waals surface area contributed by atoms with Crippen LogP contribution in [0.25, 0.3) is 0 Å². The molecule has 19 heavy (non-hydrogen) atoms. The topological polar surface area (TPSA) is 47.9 Å². The summed E-state index contributed by atoms with van der Waals surface area (Å²) < 4.78 is 30.1. The fraction of sp³-hybridized carbons (Fsp3) is 0.571. The zero-order valence-corrected chi connectivity index (χ0v) is 11.0. The molecule has 1 aromatic carbocycles. The summed E-state index contributed by atoms with van der Waals surface area (Å²) in [6.45, 7) is 0.910. The van der Waals surface area contributed by atoms with Crippen LogP contribution in [0.15, 0.2) is 18.2 Å². The van der Waals surface area contributed by atoms with Gasteiger partial charge in [-0.25, -0.2) is 4.39 Å². The Morgan fingerprint density at radius 1 is 1.53 bits per heavy atom. The Morgan fingerprint density at radius 2 is 2.37 bits per heavy atom. The first kappa shape index (κ1) is 14.2. The van der Waals surface area contributed by atoms with Crippen LogP contribution >= 0.6 is 0 Å². The highest BCUT2D eigenvalue weighted by Crippen LogP contribution is 2.31.